The summed E-state index contributed by atoms with van der Waals surface area (Å²) in [7, 11) is 1.38. The highest BCUT2D eigenvalue weighted by Gasteiger charge is 2.40. The number of pyridine rings is 2. The van der Waals surface area contributed by atoms with Crippen LogP contribution in [0.3, 0.4) is 0 Å². The number of fused-ring (bicyclic) bond motifs is 1. The van der Waals surface area contributed by atoms with Crippen molar-refractivity contribution in [2.24, 2.45) is 0 Å². The molecule has 1 saturated carbocycles. The van der Waals surface area contributed by atoms with Crippen LogP contribution in [0.15, 0.2) is 67.1 Å². The van der Waals surface area contributed by atoms with Gasteiger partial charge in [0, 0.05) is 29.7 Å². The van der Waals surface area contributed by atoms with Crippen LogP contribution in [-0.2, 0) is 12.0 Å². The van der Waals surface area contributed by atoms with E-state index in [1.165, 1.54) is 19.5 Å². The van der Waals surface area contributed by atoms with E-state index in [0.717, 1.165) is 41.8 Å². The molecule has 0 N–H and O–H groups in total. The second kappa shape index (κ2) is 11.6. The van der Waals surface area contributed by atoms with Crippen molar-refractivity contribution < 1.29 is 13.5 Å². The van der Waals surface area contributed by atoms with Crippen LogP contribution in [0, 0.1) is 23.0 Å². The zero-order valence-corrected chi connectivity index (χ0v) is 25.2. The van der Waals surface area contributed by atoms with Gasteiger partial charge in [0.05, 0.1) is 42.2 Å². The van der Waals surface area contributed by atoms with Gasteiger partial charge in [-0.3, -0.25) is 14.9 Å². The molecule has 224 valence electrons. The SMILES string of the molecule is CC/C=C1\N(c2c(F)c(OC)cc(C(C)C)c2F)Cc2cnc(-c3ccc(C4(C#N)CCC4)nc3)cc2N1c1ccncn1. The summed E-state index contributed by atoms with van der Waals surface area (Å²) in [5.74, 6) is -0.558. The number of nitrogens with zero attached hydrogens (tertiary/aromatic N) is 7. The van der Waals surface area contributed by atoms with Crippen molar-refractivity contribution in [3.05, 3.63) is 95.6 Å². The quantitative estimate of drug-likeness (QED) is 0.215. The van der Waals surface area contributed by atoms with Crippen LogP contribution in [0.5, 0.6) is 5.75 Å². The number of allylic oxidation sites excluding steroid dienone is 1. The van der Waals surface area contributed by atoms with Gasteiger partial charge in [-0.15, -0.1) is 0 Å². The molecule has 4 heterocycles. The third-order valence-electron chi connectivity index (χ3n) is 8.47. The van der Waals surface area contributed by atoms with Gasteiger partial charge in [0.2, 0.25) is 0 Å². The van der Waals surface area contributed by atoms with Crippen molar-refractivity contribution >= 4 is 17.2 Å². The van der Waals surface area contributed by atoms with Crippen molar-refractivity contribution in [2.75, 3.05) is 16.9 Å². The first kappa shape index (κ1) is 29.2. The van der Waals surface area contributed by atoms with E-state index in [-0.39, 0.29) is 23.9 Å². The number of nitriles is 1. The molecule has 0 atom stereocenters. The fourth-order valence-electron chi connectivity index (χ4n) is 5.90. The molecular weight excluding hydrogens is 560 g/mol. The van der Waals surface area contributed by atoms with E-state index < -0.39 is 17.0 Å². The molecule has 6 rings (SSSR count). The van der Waals surface area contributed by atoms with Gasteiger partial charge in [-0.25, -0.2) is 18.7 Å². The Morgan fingerprint density at radius 3 is 2.50 bits per heavy atom. The number of hydrogen-bond acceptors (Lipinski definition) is 8. The lowest BCUT2D eigenvalue weighted by Crippen LogP contribution is -2.39. The van der Waals surface area contributed by atoms with Crippen molar-refractivity contribution in [3.8, 4) is 23.1 Å². The Kier molecular flexibility index (Phi) is 7.72. The first-order valence-electron chi connectivity index (χ1n) is 14.8. The monoisotopic (exact) mass is 593 g/mol. The molecule has 0 amide bonds. The third-order valence-corrected chi connectivity index (χ3v) is 8.47. The smallest absolute Gasteiger partial charge is 0.191 e. The molecule has 0 spiro atoms. The maximum absolute atomic E-state index is 16.2. The normalized spacial score (nSPS) is 16.5. The predicted octanol–water partition coefficient (Wildman–Crippen LogP) is 7.70. The molecule has 8 nitrogen and oxygen atoms in total. The molecule has 0 bridgehead atoms. The van der Waals surface area contributed by atoms with E-state index >= 15 is 8.78 Å². The average Bonchev–Trinajstić information content (AvgIpc) is 3.01. The van der Waals surface area contributed by atoms with Crippen molar-refractivity contribution in [2.45, 2.75) is 64.3 Å². The lowest BCUT2D eigenvalue weighted by Gasteiger charge is -2.41. The number of anilines is 3. The summed E-state index contributed by atoms with van der Waals surface area (Å²) in [6.07, 6.45) is 11.7. The Morgan fingerprint density at radius 2 is 1.91 bits per heavy atom. The van der Waals surface area contributed by atoms with Crippen molar-refractivity contribution in [1.82, 2.24) is 19.9 Å². The summed E-state index contributed by atoms with van der Waals surface area (Å²) in [5, 5.41) is 9.74. The lowest BCUT2D eigenvalue weighted by atomic mass is 9.67. The van der Waals surface area contributed by atoms with Crippen LogP contribution >= 0.6 is 0 Å². The zero-order chi connectivity index (χ0) is 31.0. The Labute approximate surface area is 255 Å². The maximum atomic E-state index is 16.2. The Bertz CT molecular complexity index is 1760. The molecule has 4 aromatic rings. The van der Waals surface area contributed by atoms with Gasteiger partial charge in [0.1, 0.15) is 23.7 Å². The summed E-state index contributed by atoms with van der Waals surface area (Å²) in [5.41, 5.74) is 3.43. The van der Waals surface area contributed by atoms with Gasteiger partial charge in [0.25, 0.3) is 0 Å². The van der Waals surface area contributed by atoms with E-state index in [0.29, 0.717) is 29.3 Å². The number of benzene rings is 1. The molecule has 0 saturated heterocycles. The van der Waals surface area contributed by atoms with Crippen LogP contribution in [0.4, 0.5) is 26.0 Å². The summed E-state index contributed by atoms with van der Waals surface area (Å²) in [6.45, 7) is 5.86. The van der Waals surface area contributed by atoms with E-state index in [1.807, 2.05) is 49.9 Å². The topological polar surface area (TPSA) is 91.1 Å². The number of ether oxygens (including phenoxy) is 1. The molecule has 2 aliphatic rings. The first-order valence-corrected chi connectivity index (χ1v) is 14.8. The average molecular weight is 594 g/mol. The summed E-state index contributed by atoms with van der Waals surface area (Å²) in [6, 6.07) is 11.4. The van der Waals surface area contributed by atoms with E-state index in [2.05, 4.69) is 21.0 Å². The molecule has 10 heteroatoms. The highest BCUT2D eigenvalue weighted by Crippen LogP contribution is 2.46. The summed E-state index contributed by atoms with van der Waals surface area (Å²) >= 11 is 0. The third kappa shape index (κ3) is 4.82. The molecule has 1 aliphatic carbocycles. The Balaban J connectivity index is 1.51. The first-order chi connectivity index (χ1) is 21.3. The van der Waals surface area contributed by atoms with Gasteiger partial charge in [-0.2, -0.15) is 5.26 Å². The largest absolute Gasteiger partial charge is 0.494 e. The lowest BCUT2D eigenvalue weighted by molar-refractivity contribution is 0.316. The zero-order valence-electron chi connectivity index (χ0n) is 25.2. The van der Waals surface area contributed by atoms with Gasteiger partial charge < -0.3 is 9.64 Å². The fraction of sp³-hybridized carbons (Fsp3) is 0.324. The van der Waals surface area contributed by atoms with E-state index in [9.17, 15) is 5.26 Å². The Hall–Kier alpha value is -4.91. The molecular formula is C34H33F2N7O. The molecule has 1 aliphatic heterocycles. The minimum atomic E-state index is -0.778. The van der Waals surface area contributed by atoms with Gasteiger partial charge >= 0.3 is 0 Å². The minimum absolute atomic E-state index is 0.0233. The molecule has 1 aromatic carbocycles. The van der Waals surface area contributed by atoms with Crippen LogP contribution in [0.2, 0.25) is 0 Å². The summed E-state index contributed by atoms with van der Waals surface area (Å²) in [4.78, 5) is 21.5. The molecule has 3 aromatic heterocycles. The predicted molar refractivity (Wildman–Crippen MR) is 164 cm³/mol. The number of hydrogen-bond donors (Lipinski definition) is 0. The molecule has 0 radical (unpaired) electrons. The summed E-state index contributed by atoms with van der Waals surface area (Å²) < 4.78 is 37.6. The highest BCUT2D eigenvalue weighted by molar-refractivity contribution is 5.79. The van der Waals surface area contributed by atoms with Crippen LogP contribution < -0.4 is 14.5 Å². The van der Waals surface area contributed by atoms with Crippen molar-refractivity contribution in [3.63, 3.8) is 0 Å². The Morgan fingerprint density at radius 1 is 1.09 bits per heavy atom. The maximum Gasteiger partial charge on any atom is 0.191 e. The second-order valence-electron chi connectivity index (χ2n) is 11.4. The van der Waals surface area contributed by atoms with E-state index in [4.69, 9.17) is 9.72 Å². The van der Waals surface area contributed by atoms with Crippen molar-refractivity contribution in [1.29, 1.82) is 5.26 Å². The number of rotatable bonds is 7. The molecule has 0 unspecified atom stereocenters. The number of aromatic nitrogens is 4. The van der Waals surface area contributed by atoms with Gasteiger partial charge in [0.15, 0.2) is 17.4 Å². The minimum Gasteiger partial charge on any atom is -0.494 e. The van der Waals surface area contributed by atoms with Crippen LogP contribution in [-0.4, -0.2) is 27.0 Å². The van der Waals surface area contributed by atoms with Gasteiger partial charge in [-0.05, 0) is 73.6 Å². The standard InChI is InChI=1S/C34H33F2N7O/c1-5-7-30-42(33-31(35)24(21(2)3)14-27(44-4)32(33)36)18-23-17-39-25(15-26(23)43(30)29-10-13-38-20-41-29)22-8-9-28(40-16-22)34(19-37)11-6-12-34/h7-10,13-17,20-21H,5-6,11-12,18H2,1-4H3/b30-7+. The van der Waals surface area contributed by atoms with Crippen LogP contribution in [0.25, 0.3) is 11.3 Å². The van der Waals surface area contributed by atoms with E-state index in [1.54, 1.807) is 29.6 Å². The second-order valence-corrected chi connectivity index (χ2v) is 11.4. The van der Waals surface area contributed by atoms with Crippen LogP contribution in [0.1, 0.15) is 69.2 Å². The number of halogens is 2. The van der Waals surface area contributed by atoms with Gasteiger partial charge in [-0.1, -0.05) is 20.8 Å². The molecule has 44 heavy (non-hydrogen) atoms. The number of methoxy groups -OCH3 is 1. The fourth-order valence-corrected chi connectivity index (χ4v) is 5.90. The molecule has 1 fully saturated rings. The highest BCUT2D eigenvalue weighted by atomic mass is 19.1.